The first-order valence-electron chi connectivity index (χ1n) is 12.0. The smallest absolute Gasteiger partial charge is 0.414 e. The number of para-hydroxylation sites is 1. The maximum absolute atomic E-state index is 13.7. The molecule has 4 rings (SSSR count). The molecule has 0 radical (unpaired) electrons. The fourth-order valence-electron chi connectivity index (χ4n) is 4.00. The number of benzene rings is 3. The van der Waals surface area contributed by atoms with Crippen molar-refractivity contribution in [2.45, 2.75) is 33.3 Å². The lowest BCUT2D eigenvalue weighted by atomic mass is 10.2. The maximum atomic E-state index is 13.7. The number of nitrogens with zero attached hydrogens (tertiary/aromatic N) is 3. The molecule has 0 saturated heterocycles. The average molecular weight is 515 g/mol. The van der Waals surface area contributed by atoms with Gasteiger partial charge in [0.25, 0.3) is 5.91 Å². The Bertz CT molecular complexity index is 1530. The molecule has 9 heteroatoms. The van der Waals surface area contributed by atoms with Gasteiger partial charge in [0, 0.05) is 12.7 Å². The molecule has 9 nitrogen and oxygen atoms in total. The van der Waals surface area contributed by atoms with Crippen LogP contribution in [0.3, 0.4) is 0 Å². The van der Waals surface area contributed by atoms with Crippen molar-refractivity contribution in [2.75, 3.05) is 11.9 Å². The van der Waals surface area contributed by atoms with Crippen molar-refractivity contribution in [3.05, 3.63) is 101 Å². The molecular formula is C29H30N4O5. The number of rotatable bonds is 6. The Morgan fingerprint density at radius 3 is 2.08 bits per heavy atom. The molecule has 0 atom stereocenters. The van der Waals surface area contributed by atoms with Gasteiger partial charge in [-0.05, 0) is 82.3 Å². The number of hydrogen-bond acceptors (Lipinski definition) is 5. The third-order valence-electron chi connectivity index (χ3n) is 5.73. The number of imidazole rings is 1. The van der Waals surface area contributed by atoms with Gasteiger partial charge in [0.2, 0.25) is 0 Å². The molecule has 0 saturated carbocycles. The zero-order chi connectivity index (χ0) is 27.6. The molecule has 3 aromatic carbocycles. The largest absolute Gasteiger partial charge is 0.457 e. The zero-order valence-electron chi connectivity index (χ0n) is 22.0. The summed E-state index contributed by atoms with van der Waals surface area (Å²) in [7, 11) is 1.59. The van der Waals surface area contributed by atoms with Crippen molar-refractivity contribution in [3.8, 4) is 22.9 Å². The first-order chi connectivity index (χ1) is 18.0. The normalized spacial score (nSPS) is 11.2. The van der Waals surface area contributed by atoms with Crippen molar-refractivity contribution in [3.63, 3.8) is 0 Å². The molecular weight excluding hydrogens is 484 g/mol. The van der Waals surface area contributed by atoms with Gasteiger partial charge in [-0.3, -0.25) is 18.8 Å². The summed E-state index contributed by atoms with van der Waals surface area (Å²) in [5.41, 5.74) is 6.42. The molecule has 0 unspecified atom stereocenters. The Hall–Kier alpha value is -4.79. The van der Waals surface area contributed by atoms with Gasteiger partial charge in [-0.1, -0.05) is 24.3 Å². The second-order valence-electron chi connectivity index (χ2n) is 9.72. The van der Waals surface area contributed by atoms with Crippen LogP contribution in [-0.4, -0.2) is 33.8 Å². The van der Waals surface area contributed by atoms with Gasteiger partial charge in [0.05, 0.1) is 17.1 Å². The molecule has 196 valence electrons. The Morgan fingerprint density at radius 1 is 0.842 bits per heavy atom. The number of anilines is 1. The third kappa shape index (κ3) is 5.46. The van der Waals surface area contributed by atoms with E-state index < -0.39 is 23.3 Å². The SMILES string of the molecule is Cc1c(C(N)=O)n(-c2ccc(Oc3ccccc3)cc2)c(=O)n1-c1cccc(N(C)C(=O)OC(C)(C)C)c1. The second-order valence-corrected chi connectivity index (χ2v) is 9.72. The number of carbonyl (C=O) groups is 2. The number of aromatic nitrogens is 2. The Morgan fingerprint density at radius 2 is 1.47 bits per heavy atom. The van der Waals surface area contributed by atoms with Crippen LogP contribution in [0.1, 0.15) is 37.0 Å². The van der Waals surface area contributed by atoms with Crippen LogP contribution in [0.4, 0.5) is 10.5 Å². The molecule has 0 spiro atoms. The molecule has 0 fully saturated rings. The van der Waals surface area contributed by atoms with Gasteiger partial charge >= 0.3 is 11.8 Å². The highest BCUT2D eigenvalue weighted by Gasteiger charge is 2.24. The lowest BCUT2D eigenvalue weighted by Crippen LogP contribution is -2.34. The summed E-state index contributed by atoms with van der Waals surface area (Å²) in [6.07, 6.45) is -0.535. The van der Waals surface area contributed by atoms with Crippen molar-refractivity contribution in [1.82, 2.24) is 9.13 Å². The Labute approximate surface area is 220 Å². The zero-order valence-corrected chi connectivity index (χ0v) is 22.0. The minimum Gasteiger partial charge on any atom is -0.457 e. The Balaban J connectivity index is 1.73. The topological polar surface area (TPSA) is 109 Å². The standard InChI is InChI=1S/C29H30N4O5/c1-19-25(26(30)34)33(20-14-16-24(17-15-20)37-23-12-7-6-8-13-23)27(35)32(19)22-11-9-10-21(18-22)31(5)28(36)38-29(2,3)4/h6-18H,1-5H3,(H2,30,34). The van der Waals surface area contributed by atoms with Gasteiger partial charge in [0.1, 0.15) is 22.8 Å². The van der Waals surface area contributed by atoms with Gasteiger partial charge in [-0.2, -0.15) is 0 Å². The number of hydrogen-bond donors (Lipinski definition) is 1. The van der Waals surface area contributed by atoms with Crippen molar-refractivity contribution >= 4 is 17.7 Å². The summed E-state index contributed by atoms with van der Waals surface area (Å²) in [6.45, 7) is 7.00. The van der Waals surface area contributed by atoms with Crippen LogP contribution in [0, 0.1) is 6.92 Å². The average Bonchev–Trinajstić information content (AvgIpc) is 3.13. The summed E-state index contributed by atoms with van der Waals surface area (Å²) in [5.74, 6) is 0.501. The molecule has 0 aliphatic heterocycles. The lowest BCUT2D eigenvalue weighted by molar-refractivity contribution is 0.0589. The van der Waals surface area contributed by atoms with Crippen LogP contribution in [0.25, 0.3) is 11.4 Å². The van der Waals surface area contributed by atoms with Crippen LogP contribution in [0.5, 0.6) is 11.5 Å². The lowest BCUT2D eigenvalue weighted by Gasteiger charge is -2.25. The van der Waals surface area contributed by atoms with Crippen LogP contribution < -0.4 is 21.1 Å². The van der Waals surface area contributed by atoms with Crippen LogP contribution in [0.2, 0.25) is 0 Å². The first-order valence-corrected chi connectivity index (χ1v) is 12.0. The predicted molar refractivity (Wildman–Crippen MR) is 146 cm³/mol. The van der Waals surface area contributed by atoms with E-state index in [1.807, 2.05) is 30.3 Å². The molecule has 2 amide bonds. The first kappa shape index (κ1) is 26.3. The fourth-order valence-corrected chi connectivity index (χ4v) is 4.00. The summed E-state index contributed by atoms with van der Waals surface area (Å²) in [6, 6.07) is 22.9. The van der Waals surface area contributed by atoms with Gasteiger partial charge in [-0.25, -0.2) is 9.59 Å². The quantitative estimate of drug-likeness (QED) is 0.380. The minimum absolute atomic E-state index is 0.0534. The van der Waals surface area contributed by atoms with E-state index >= 15 is 0 Å². The number of amides is 2. The number of ether oxygens (including phenoxy) is 2. The van der Waals surface area contributed by atoms with Gasteiger partial charge in [-0.15, -0.1) is 0 Å². The monoisotopic (exact) mass is 514 g/mol. The van der Waals surface area contributed by atoms with E-state index in [0.717, 1.165) is 0 Å². The van der Waals surface area contributed by atoms with E-state index in [1.165, 1.54) is 14.0 Å². The van der Waals surface area contributed by atoms with Crippen molar-refractivity contribution in [2.24, 2.45) is 5.73 Å². The van der Waals surface area contributed by atoms with E-state index in [1.54, 1.807) is 83.3 Å². The molecule has 1 heterocycles. The van der Waals surface area contributed by atoms with Crippen molar-refractivity contribution < 1.29 is 19.1 Å². The van der Waals surface area contributed by atoms with E-state index in [2.05, 4.69) is 0 Å². The van der Waals surface area contributed by atoms with E-state index in [9.17, 15) is 14.4 Å². The van der Waals surface area contributed by atoms with Gasteiger partial charge in [0.15, 0.2) is 0 Å². The molecule has 0 aliphatic carbocycles. The van der Waals surface area contributed by atoms with E-state index in [0.29, 0.717) is 34.3 Å². The highest BCUT2D eigenvalue weighted by molar-refractivity contribution is 5.93. The van der Waals surface area contributed by atoms with Crippen LogP contribution >= 0.6 is 0 Å². The number of nitrogens with two attached hydrogens (primary N) is 1. The summed E-state index contributed by atoms with van der Waals surface area (Å²) >= 11 is 0. The maximum Gasteiger partial charge on any atom is 0.414 e. The van der Waals surface area contributed by atoms with E-state index in [4.69, 9.17) is 15.2 Å². The predicted octanol–water partition coefficient (Wildman–Crippen LogP) is 5.20. The van der Waals surface area contributed by atoms with Gasteiger partial charge < -0.3 is 15.2 Å². The van der Waals surface area contributed by atoms with E-state index in [-0.39, 0.29) is 5.69 Å². The summed E-state index contributed by atoms with van der Waals surface area (Å²) in [5, 5.41) is 0. The Kier molecular flexibility index (Phi) is 7.12. The molecule has 0 bridgehead atoms. The summed E-state index contributed by atoms with van der Waals surface area (Å²) in [4.78, 5) is 40.1. The van der Waals surface area contributed by atoms with Crippen LogP contribution in [0.15, 0.2) is 83.7 Å². The molecule has 4 aromatic rings. The fraction of sp³-hybridized carbons (Fsp3) is 0.207. The highest BCUT2D eigenvalue weighted by Crippen LogP contribution is 2.25. The van der Waals surface area contributed by atoms with Crippen LogP contribution in [-0.2, 0) is 4.74 Å². The molecule has 38 heavy (non-hydrogen) atoms. The number of primary amides is 1. The molecule has 0 aliphatic rings. The third-order valence-corrected chi connectivity index (χ3v) is 5.73. The highest BCUT2D eigenvalue weighted by atomic mass is 16.6. The van der Waals surface area contributed by atoms with Crippen molar-refractivity contribution in [1.29, 1.82) is 0 Å². The summed E-state index contributed by atoms with van der Waals surface area (Å²) < 4.78 is 13.9. The molecule has 2 N–H and O–H groups in total. The minimum atomic E-state index is -0.745. The number of carbonyl (C=O) groups excluding carboxylic acids is 2. The second kappa shape index (κ2) is 10.3. The molecule has 1 aromatic heterocycles.